The lowest BCUT2D eigenvalue weighted by molar-refractivity contribution is -0.385. The Labute approximate surface area is 136 Å². The van der Waals surface area contributed by atoms with Crippen LogP contribution in [0.25, 0.3) is 22.6 Å². The molecule has 8 heteroatoms. The fraction of sp³-hybridized carbons (Fsp3) is 0.0625. The molecule has 0 aliphatic carbocycles. The van der Waals surface area contributed by atoms with E-state index < -0.39 is 9.85 Å². The highest BCUT2D eigenvalue weighted by Crippen LogP contribution is 2.27. The van der Waals surface area contributed by atoms with Crippen LogP contribution in [-0.2, 0) is 0 Å². The molecule has 0 bridgehead atoms. The number of non-ortho nitro benzene ring substituents is 2. The van der Waals surface area contributed by atoms with E-state index >= 15 is 0 Å². The summed E-state index contributed by atoms with van der Waals surface area (Å²) < 4.78 is 0. The Hall–Kier alpha value is -3.55. The maximum Gasteiger partial charge on any atom is 0.269 e. The van der Waals surface area contributed by atoms with Crippen molar-refractivity contribution >= 4 is 11.4 Å². The molecule has 0 saturated heterocycles. The first-order chi connectivity index (χ1) is 11.5. The molecule has 0 radical (unpaired) electrons. The number of aromatic nitrogens is 2. The predicted octanol–water partition coefficient (Wildman–Crippen LogP) is 3.87. The van der Waals surface area contributed by atoms with Crippen LogP contribution in [0.2, 0.25) is 0 Å². The number of nitrogens with one attached hydrogen (secondary N) is 1. The van der Waals surface area contributed by atoms with Crippen molar-refractivity contribution in [2.24, 2.45) is 0 Å². The van der Waals surface area contributed by atoms with Crippen molar-refractivity contribution in [1.82, 2.24) is 9.97 Å². The minimum atomic E-state index is -0.459. The van der Waals surface area contributed by atoms with E-state index in [2.05, 4.69) is 9.97 Å². The van der Waals surface area contributed by atoms with Crippen molar-refractivity contribution in [2.45, 2.75) is 6.92 Å². The average Bonchev–Trinajstić information content (AvgIpc) is 2.97. The van der Waals surface area contributed by atoms with Gasteiger partial charge in [-0.2, -0.15) is 0 Å². The monoisotopic (exact) mass is 324 g/mol. The van der Waals surface area contributed by atoms with E-state index in [0.717, 1.165) is 16.8 Å². The summed E-state index contributed by atoms with van der Waals surface area (Å²) in [7, 11) is 0. The maximum absolute atomic E-state index is 10.7. The number of H-pyrrole nitrogens is 1. The molecular formula is C16H12N4O4. The molecule has 2 aromatic carbocycles. The van der Waals surface area contributed by atoms with E-state index in [1.807, 2.05) is 6.92 Å². The van der Waals surface area contributed by atoms with Gasteiger partial charge < -0.3 is 4.98 Å². The normalized spacial score (nSPS) is 10.5. The van der Waals surface area contributed by atoms with Gasteiger partial charge >= 0.3 is 0 Å². The zero-order valence-corrected chi connectivity index (χ0v) is 12.6. The molecule has 0 amide bonds. The smallest absolute Gasteiger partial charge is 0.269 e. The third-order valence-electron chi connectivity index (χ3n) is 3.59. The summed E-state index contributed by atoms with van der Waals surface area (Å²) in [6.07, 6.45) is 0. The second-order valence-corrected chi connectivity index (χ2v) is 5.17. The molecular weight excluding hydrogens is 312 g/mol. The van der Waals surface area contributed by atoms with Gasteiger partial charge in [0.2, 0.25) is 0 Å². The van der Waals surface area contributed by atoms with Gasteiger partial charge in [0.1, 0.15) is 5.82 Å². The van der Waals surface area contributed by atoms with Crippen molar-refractivity contribution in [2.75, 3.05) is 0 Å². The van der Waals surface area contributed by atoms with Crippen LogP contribution in [0.4, 0.5) is 11.4 Å². The largest absolute Gasteiger partial charge is 0.342 e. The Balaban J connectivity index is 1.95. The van der Waals surface area contributed by atoms with Crippen LogP contribution >= 0.6 is 0 Å². The number of aryl methyl sites for hydroxylation is 1. The Bertz CT molecular complexity index is 914. The van der Waals surface area contributed by atoms with Gasteiger partial charge in [0.05, 0.1) is 15.5 Å². The van der Waals surface area contributed by atoms with Gasteiger partial charge in [-0.15, -0.1) is 0 Å². The van der Waals surface area contributed by atoms with E-state index in [9.17, 15) is 20.2 Å². The summed E-state index contributed by atoms with van der Waals surface area (Å²) in [4.78, 5) is 28.1. The summed E-state index contributed by atoms with van der Waals surface area (Å²) in [5.74, 6) is 0.579. The molecule has 24 heavy (non-hydrogen) atoms. The van der Waals surface area contributed by atoms with Crippen LogP contribution in [0.5, 0.6) is 0 Å². The lowest BCUT2D eigenvalue weighted by Crippen LogP contribution is -1.88. The second-order valence-electron chi connectivity index (χ2n) is 5.17. The summed E-state index contributed by atoms with van der Waals surface area (Å²) in [5, 5.41) is 21.4. The molecule has 1 heterocycles. The topological polar surface area (TPSA) is 115 Å². The molecule has 8 nitrogen and oxygen atoms in total. The first-order valence-electron chi connectivity index (χ1n) is 7.02. The number of nitro benzene ring substituents is 2. The highest BCUT2D eigenvalue weighted by molar-refractivity contribution is 5.68. The summed E-state index contributed by atoms with van der Waals surface area (Å²) >= 11 is 0. The zero-order valence-electron chi connectivity index (χ0n) is 12.6. The zero-order chi connectivity index (χ0) is 17.3. The number of hydrogen-bond acceptors (Lipinski definition) is 5. The van der Waals surface area contributed by atoms with E-state index in [4.69, 9.17) is 0 Å². The lowest BCUT2D eigenvalue weighted by atomic mass is 10.1. The van der Waals surface area contributed by atoms with Crippen molar-refractivity contribution < 1.29 is 9.85 Å². The Kier molecular flexibility index (Phi) is 3.78. The quantitative estimate of drug-likeness (QED) is 0.577. The fourth-order valence-corrected chi connectivity index (χ4v) is 2.36. The van der Waals surface area contributed by atoms with Crippen LogP contribution in [0.1, 0.15) is 5.69 Å². The van der Waals surface area contributed by atoms with Gasteiger partial charge in [-0.05, 0) is 31.2 Å². The average molecular weight is 324 g/mol. The maximum atomic E-state index is 10.7. The van der Waals surface area contributed by atoms with Crippen LogP contribution in [0, 0.1) is 27.2 Å². The van der Waals surface area contributed by atoms with Crippen molar-refractivity contribution in [1.29, 1.82) is 0 Å². The van der Waals surface area contributed by atoms with Gasteiger partial charge in [-0.3, -0.25) is 20.2 Å². The molecule has 0 unspecified atom stereocenters. The highest BCUT2D eigenvalue weighted by atomic mass is 16.6. The number of imidazole rings is 1. The van der Waals surface area contributed by atoms with Crippen molar-refractivity contribution in [3.63, 3.8) is 0 Å². The molecule has 3 rings (SSSR count). The Morgan fingerprint density at radius 2 is 1.29 bits per heavy atom. The number of benzene rings is 2. The van der Waals surface area contributed by atoms with Gasteiger partial charge in [-0.1, -0.05) is 0 Å². The van der Waals surface area contributed by atoms with Crippen LogP contribution < -0.4 is 0 Å². The molecule has 1 aromatic heterocycles. The molecule has 0 aliphatic heterocycles. The minimum absolute atomic E-state index is 0.0117. The van der Waals surface area contributed by atoms with E-state index in [1.165, 1.54) is 24.3 Å². The number of nitro groups is 2. The van der Waals surface area contributed by atoms with E-state index in [1.54, 1.807) is 24.3 Å². The van der Waals surface area contributed by atoms with Gasteiger partial charge in [0.15, 0.2) is 0 Å². The summed E-state index contributed by atoms with van der Waals surface area (Å²) in [6.45, 7) is 1.85. The Morgan fingerprint density at radius 1 is 0.833 bits per heavy atom. The highest BCUT2D eigenvalue weighted by Gasteiger charge is 2.13. The molecule has 0 atom stereocenters. The molecule has 3 aromatic rings. The van der Waals surface area contributed by atoms with E-state index in [0.29, 0.717) is 11.5 Å². The summed E-state index contributed by atoms with van der Waals surface area (Å²) in [5.41, 5.74) is 2.98. The molecule has 0 aliphatic rings. The first-order valence-corrected chi connectivity index (χ1v) is 7.02. The van der Waals surface area contributed by atoms with Crippen LogP contribution in [0.15, 0.2) is 48.5 Å². The standard InChI is InChI=1S/C16H12N4O4/c1-10-15(11-2-6-13(7-3-11)19(21)22)18-16(17-10)12-4-8-14(9-5-12)20(23)24/h2-9H,1H3,(H,17,18). The SMILES string of the molecule is Cc1[nH]c(-c2ccc([N+](=O)[O-])cc2)nc1-c1ccc([N+](=O)[O-])cc1. The molecule has 0 fully saturated rings. The predicted molar refractivity (Wildman–Crippen MR) is 87.5 cm³/mol. The second kappa shape index (κ2) is 5.92. The third kappa shape index (κ3) is 2.84. The number of rotatable bonds is 4. The third-order valence-corrected chi connectivity index (χ3v) is 3.59. The van der Waals surface area contributed by atoms with Gasteiger partial charge in [-0.25, -0.2) is 4.98 Å². The number of hydrogen-bond donors (Lipinski definition) is 1. The Morgan fingerprint density at radius 3 is 1.75 bits per heavy atom. The van der Waals surface area contributed by atoms with Crippen molar-refractivity contribution in [3.8, 4) is 22.6 Å². The minimum Gasteiger partial charge on any atom is -0.342 e. The fourth-order valence-electron chi connectivity index (χ4n) is 2.36. The van der Waals surface area contributed by atoms with Crippen LogP contribution in [-0.4, -0.2) is 19.8 Å². The first kappa shape index (κ1) is 15.3. The number of nitrogens with zero attached hydrogens (tertiary/aromatic N) is 3. The summed E-state index contributed by atoms with van der Waals surface area (Å²) in [6, 6.07) is 12.2. The lowest BCUT2D eigenvalue weighted by Gasteiger charge is -1.98. The van der Waals surface area contributed by atoms with Crippen LogP contribution in [0.3, 0.4) is 0 Å². The van der Waals surface area contributed by atoms with Crippen molar-refractivity contribution in [3.05, 3.63) is 74.5 Å². The van der Waals surface area contributed by atoms with Gasteiger partial charge in [0.25, 0.3) is 11.4 Å². The number of aromatic amines is 1. The van der Waals surface area contributed by atoms with Gasteiger partial charge in [0, 0.05) is 41.1 Å². The molecule has 0 spiro atoms. The molecule has 120 valence electrons. The molecule has 1 N–H and O–H groups in total. The van der Waals surface area contributed by atoms with E-state index in [-0.39, 0.29) is 11.4 Å². The molecule has 0 saturated carbocycles.